The molecule has 0 radical (unpaired) electrons. The van der Waals surface area contributed by atoms with Gasteiger partial charge in [0.05, 0.1) is 6.10 Å². The Morgan fingerprint density at radius 2 is 1.96 bits per heavy atom. The summed E-state index contributed by atoms with van der Waals surface area (Å²) in [6.07, 6.45) is 4.38. The largest absolute Gasteiger partial charge is 0.491 e. The minimum atomic E-state index is -0.115. The van der Waals surface area contributed by atoms with Crippen molar-refractivity contribution < 1.29 is 14.3 Å². The molecule has 1 amide bonds. The van der Waals surface area contributed by atoms with E-state index in [-0.39, 0.29) is 12.0 Å². The molecule has 24 heavy (non-hydrogen) atoms. The van der Waals surface area contributed by atoms with Gasteiger partial charge in [-0.2, -0.15) is 0 Å². The molecular weight excluding hydrogens is 322 g/mol. The molecule has 2 aromatic carbocycles. The Kier molecular flexibility index (Phi) is 5.77. The summed E-state index contributed by atoms with van der Waals surface area (Å²) in [5.74, 6) is 0.670. The van der Waals surface area contributed by atoms with E-state index >= 15 is 0 Å². The Labute approximate surface area is 146 Å². The molecule has 4 nitrogen and oxygen atoms in total. The zero-order valence-corrected chi connectivity index (χ0v) is 14.5. The second-order valence-electron chi connectivity index (χ2n) is 5.65. The molecule has 0 spiro atoms. The zero-order chi connectivity index (χ0) is 16.8. The van der Waals surface area contributed by atoms with Crippen molar-refractivity contribution in [2.45, 2.75) is 23.8 Å². The van der Waals surface area contributed by atoms with Crippen LogP contribution in [0.2, 0.25) is 0 Å². The molecule has 5 heteroatoms. The van der Waals surface area contributed by atoms with E-state index in [0.29, 0.717) is 12.2 Å². The summed E-state index contributed by atoms with van der Waals surface area (Å²) in [4.78, 5) is 13.4. The molecule has 1 saturated heterocycles. The van der Waals surface area contributed by atoms with Crippen LogP contribution in [-0.2, 0) is 4.74 Å². The Hall–Kier alpha value is -1.98. The van der Waals surface area contributed by atoms with Gasteiger partial charge < -0.3 is 14.8 Å². The van der Waals surface area contributed by atoms with Gasteiger partial charge in [-0.05, 0) is 67.6 Å². The van der Waals surface area contributed by atoms with E-state index in [1.165, 1.54) is 0 Å². The fourth-order valence-corrected chi connectivity index (χ4v) is 2.95. The van der Waals surface area contributed by atoms with Gasteiger partial charge in [-0.3, -0.25) is 4.79 Å². The van der Waals surface area contributed by atoms with Crippen LogP contribution in [-0.4, -0.2) is 31.5 Å². The smallest absolute Gasteiger partial charge is 0.255 e. The second kappa shape index (κ2) is 8.22. The van der Waals surface area contributed by atoms with Crippen LogP contribution in [0.25, 0.3) is 0 Å². The van der Waals surface area contributed by atoms with E-state index in [9.17, 15) is 4.79 Å². The third-order valence-corrected chi connectivity index (χ3v) is 4.67. The first-order valence-corrected chi connectivity index (χ1v) is 9.27. The zero-order valence-electron chi connectivity index (χ0n) is 13.7. The summed E-state index contributed by atoms with van der Waals surface area (Å²) in [5, 5.41) is 2.89. The maximum atomic E-state index is 12.2. The maximum Gasteiger partial charge on any atom is 0.255 e. The molecule has 1 aliphatic rings. The van der Waals surface area contributed by atoms with Gasteiger partial charge in [0.2, 0.25) is 0 Å². The molecule has 1 N–H and O–H groups in total. The van der Waals surface area contributed by atoms with Gasteiger partial charge >= 0.3 is 0 Å². The second-order valence-corrected chi connectivity index (χ2v) is 6.53. The standard InChI is InChI=1S/C19H21NO3S/c1-24-18-10-4-14(5-11-18)19(21)20-15-6-8-16(9-7-15)23-13-17-3-2-12-22-17/h4-11,17H,2-3,12-13H2,1H3,(H,20,21). The van der Waals surface area contributed by atoms with Crippen LogP contribution in [0.4, 0.5) is 5.69 Å². The van der Waals surface area contributed by atoms with E-state index in [4.69, 9.17) is 9.47 Å². The van der Waals surface area contributed by atoms with Crippen molar-refractivity contribution in [3.05, 3.63) is 54.1 Å². The fourth-order valence-electron chi connectivity index (χ4n) is 2.55. The maximum absolute atomic E-state index is 12.2. The highest BCUT2D eigenvalue weighted by atomic mass is 32.2. The van der Waals surface area contributed by atoms with Crippen molar-refractivity contribution in [1.82, 2.24) is 0 Å². The SMILES string of the molecule is CSc1ccc(C(=O)Nc2ccc(OCC3CCCO3)cc2)cc1. The minimum Gasteiger partial charge on any atom is -0.491 e. The van der Waals surface area contributed by atoms with E-state index in [0.717, 1.165) is 35.8 Å². The summed E-state index contributed by atoms with van der Waals surface area (Å²) >= 11 is 1.65. The van der Waals surface area contributed by atoms with Gasteiger partial charge in [-0.15, -0.1) is 11.8 Å². The molecule has 0 saturated carbocycles. The Morgan fingerprint density at radius 3 is 2.58 bits per heavy atom. The number of carbonyl (C=O) groups is 1. The molecule has 0 aliphatic carbocycles. The topological polar surface area (TPSA) is 47.6 Å². The molecular formula is C19H21NO3S. The van der Waals surface area contributed by atoms with Gasteiger partial charge in [-0.25, -0.2) is 0 Å². The highest BCUT2D eigenvalue weighted by Gasteiger charge is 2.15. The predicted molar refractivity (Wildman–Crippen MR) is 97.1 cm³/mol. The first kappa shape index (κ1) is 16.9. The Morgan fingerprint density at radius 1 is 1.21 bits per heavy atom. The number of anilines is 1. The van der Waals surface area contributed by atoms with E-state index in [1.54, 1.807) is 11.8 Å². The molecule has 0 bridgehead atoms. The Bertz CT molecular complexity index is 664. The quantitative estimate of drug-likeness (QED) is 0.798. The summed E-state index contributed by atoms with van der Waals surface area (Å²) < 4.78 is 11.3. The summed E-state index contributed by atoms with van der Waals surface area (Å²) in [5.41, 5.74) is 1.39. The third kappa shape index (κ3) is 4.52. The number of amides is 1. The number of hydrogen-bond donors (Lipinski definition) is 1. The van der Waals surface area contributed by atoms with Crippen molar-refractivity contribution in [3.63, 3.8) is 0 Å². The highest BCUT2D eigenvalue weighted by molar-refractivity contribution is 7.98. The molecule has 3 rings (SSSR count). The van der Waals surface area contributed by atoms with E-state index in [1.807, 2.05) is 54.8 Å². The molecule has 1 heterocycles. The van der Waals surface area contributed by atoms with Gasteiger partial charge in [0.25, 0.3) is 5.91 Å². The molecule has 1 atom stereocenters. The average molecular weight is 343 g/mol. The van der Waals surface area contributed by atoms with Crippen LogP contribution in [0.3, 0.4) is 0 Å². The summed E-state index contributed by atoms with van der Waals surface area (Å²) in [6.45, 7) is 1.41. The Balaban J connectivity index is 1.53. The van der Waals surface area contributed by atoms with Gasteiger partial charge in [0.15, 0.2) is 0 Å². The number of rotatable bonds is 6. The lowest BCUT2D eigenvalue weighted by atomic mass is 10.2. The lowest BCUT2D eigenvalue weighted by molar-refractivity contribution is 0.0679. The molecule has 1 aliphatic heterocycles. The van der Waals surface area contributed by atoms with Crippen molar-refractivity contribution in [2.24, 2.45) is 0 Å². The van der Waals surface area contributed by atoms with Crippen molar-refractivity contribution in [1.29, 1.82) is 0 Å². The fraction of sp³-hybridized carbons (Fsp3) is 0.316. The predicted octanol–water partition coefficient (Wildman–Crippen LogP) is 4.22. The molecule has 0 aromatic heterocycles. The number of benzene rings is 2. The van der Waals surface area contributed by atoms with Crippen LogP contribution in [0.5, 0.6) is 5.75 Å². The van der Waals surface area contributed by atoms with Crippen LogP contribution >= 0.6 is 11.8 Å². The lowest BCUT2D eigenvalue weighted by Crippen LogP contribution is -2.16. The summed E-state index contributed by atoms with van der Waals surface area (Å²) in [6, 6.07) is 15.0. The van der Waals surface area contributed by atoms with Gasteiger partial charge in [-0.1, -0.05) is 0 Å². The highest BCUT2D eigenvalue weighted by Crippen LogP contribution is 2.20. The molecule has 1 unspecified atom stereocenters. The number of hydrogen-bond acceptors (Lipinski definition) is 4. The monoisotopic (exact) mass is 343 g/mol. The van der Waals surface area contributed by atoms with Crippen LogP contribution in [0, 0.1) is 0 Å². The third-order valence-electron chi connectivity index (χ3n) is 3.92. The number of thioether (sulfide) groups is 1. The summed E-state index contributed by atoms with van der Waals surface area (Å²) in [7, 11) is 0. The van der Waals surface area contributed by atoms with Crippen LogP contribution in [0.1, 0.15) is 23.2 Å². The number of carbonyl (C=O) groups excluding carboxylic acids is 1. The van der Waals surface area contributed by atoms with Crippen LogP contribution in [0.15, 0.2) is 53.4 Å². The van der Waals surface area contributed by atoms with Gasteiger partial charge in [0, 0.05) is 22.8 Å². The van der Waals surface area contributed by atoms with Crippen LogP contribution < -0.4 is 10.1 Å². The number of ether oxygens (including phenoxy) is 2. The average Bonchev–Trinajstić information content (AvgIpc) is 3.15. The molecule has 2 aromatic rings. The van der Waals surface area contributed by atoms with Crippen molar-refractivity contribution in [2.75, 3.05) is 24.8 Å². The number of nitrogens with one attached hydrogen (secondary N) is 1. The molecule has 1 fully saturated rings. The first-order chi connectivity index (χ1) is 11.7. The van der Waals surface area contributed by atoms with Gasteiger partial charge in [0.1, 0.15) is 12.4 Å². The van der Waals surface area contributed by atoms with E-state index in [2.05, 4.69) is 5.32 Å². The molecule has 126 valence electrons. The normalized spacial score (nSPS) is 16.8. The van der Waals surface area contributed by atoms with Crippen molar-refractivity contribution >= 4 is 23.4 Å². The minimum absolute atomic E-state index is 0.115. The van der Waals surface area contributed by atoms with Crippen molar-refractivity contribution in [3.8, 4) is 5.75 Å². The lowest BCUT2D eigenvalue weighted by Gasteiger charge is -2.12. The van der Waals surface area contributed by atoms with E-state index < -0.39 is 0 Å². The first-order valence-electron chi connectivity index (χ1n) is 8.04.